The Labute approximate surface area is 404 Å². The van der Waals surface area contributed by atoms with Crippen LogP contribution in [0.5, 0.6) is 0 Å². The summed E-state index contributed by atoms with van der Waals surface area (Å²) >= 11 is 7.43. The molecule has 68 heavy (non-hydrogen) atoms. The number of fused-ring (bicyclic) bond motifs is 1. The van der Waals surface area contributed by atoms with Gasteiger partial charge in [-0.2, -0.15) is 0 Å². The molecule has 4 aromatic rings. The number of halogens is 1. The Hall–Kier alpha value is -5.93. The maximum atomic E-state index is 14.2. The standard InChI is InChI=1S/C46H58ClN9O10S2/c1-6-27(5)39(55-42(60)33(21-26(3)4)52-43(61)35-24-48-19-20-49-35)44(62)53-34(22-28-13-9-8-10-14-28)41(59)51-31(7-2)40(58)45(63)50-25-38(57)56-68(64,65)37-18-17-29(23-30(37)47)67-46-54-32-15-11-12-16-36(32)66-46/h11-12,15-20,23-24,26-28,31,33-34,39H,6-10,13-14,21-22,25H2,1-5H3,(H,50,63)(H,51,59)(H,52,61)(H,53,62)(H,55,60)(H,56,57)/t27-,31-,33-,34-,39-/m0/s1. The number of oxazole rings is 1. The van der Waals surface area contributed by atoms with Gasteiger partial charge in [0.25, 0.3) is 33.0 Å². The molecule has 1 aliphatic carbocycles. The van der Waals surface area contributed by atoms with Crippen LogP contribution in [-0.4, -0.2) is 95.3 Å². The minimum absolute atomic E-state index is 0.0118. The summed E-state index contributed by atoms with van der Waals surface area (Å²) in [5, 5.41) is 13.1. The summed E-state index contributed by atoms with van der Waals surface area (Å²) in [5.74, 6) is -6.54. The number of carbonyl (C=O) groups is 7. The van der Waals surface area contributed by atoms with Gasteiger partial charge in [0.2, 0.25) is 23.5 Å². The van der Waals surface area contributed by atoms with E-state index >= 15 is 0 Å². The highest BCUT2D eigenvalue weighted by Crippen LogP contribution is 2.34. The molecule has 0 saturated heterocycles. The second-order valence-corrected chi connectivity index (χ2v) is 20.2. The number of Topliss-reactive ketones (excluding diaryl/α,β-unsaturated/α-hetero) is 1. The number of hydrogen-bond donors (Lipinski definition) is 6. The number of rotatable bonds is 23. The van der Waals surface area contributed by atoms with Crippen LogP contribution in [0.25, 0.3) is 11.1 Å². The topological polar surface area (TPSA) is 278 Å². The molecule has 1 saturated carbocycles. The number of aromatic nitrogens is 3. The van der Waals surface area contributed by atoms with E-state index < -0.39 is 92.8 Å². The van der Waals surface area contributed by atoms with Crippen molar-refractivity contribution in [3.05, 3.63) is 71.8 Å². The summed E-state index contributed by atoms with van der Waals surface area (Å²) in [6, 6.07) is 6.45. The van der Waals surface area contributed by atoms with E-state index in [1.165, 1.54) is 36.8 Å². The van der Waals surface area contributed by atoms with E-state index in [4.69, 9.17) is 16.0 Å². The number of sulfonamides is 1. The highest BCUT2D eigenvalue weighted by atomic mass is 35.5. The molecule has 0 spiro atoms. The van der Waals surface area contributed by atoms with Crippen LogP contribution in [0.2, 0.25) is 5.02 Å². The molecule has 0 aliphatic heterocycles. The van der Waals surface area contributed by atoms with Crippen molar-refractivity contribution in [2.24, 2.45) is 17.8 Å². The molecule has 1 fully saturated rings. The number of hydrogen-bond acceptors (Lipinski definition) is 14. The monoisotopic (exact) mass is 995 g/mol. The van der Waals surface area contributed by atoms with Crippen LogP contribution in [-0.2, 0) is 38.8 Å². The van der Waals surface area contributed by atoms with Gasteiger partial charge in [-0.1, -0.05) is 96.9 Å². The smallest absolute Gasteiger partial charge is 0.290 e. The lowest BCUT2D eigenvalue weighted by Crippen LogP contribution is -2.60. The Morgan fingerprint density at radius 3 is 2.19 bits per heavy atom. The average molecular weight is 997 g/mol. The van der Waals surface area contributed by atoms with Gasteiger partial charge in [-0.3, -0.25) is 38.5 Å². The largest absolute Gasteiger partial charge is 0.431 e. The van der Waals surface area contributed by atoms with E-state index in [1.54, 1.807) is 32.0 Å². The zero-order valence-corrected chi connectivity index (χ0v) is 40.9. The number of carbonyl (C=O) groups excluding carboxylic acids is 7. The van der Waals surface area contributed by atoms with Crippen LogP contribution in [0, 0.1) is 17.8 Å². The zero-order chi connectivity index (χ0) is 49.5. The van der Waals surface area contributed by atoms with Gasteiger partial charge in [0.05, 0.1) is 23.8 Å². The third kappa shape index (κ3) is 15.0. The fourth-order valence-electron chi connectivity index (χ4n) is 7.59. The van der Waals surface area contributed by atoms with E-state index in [9.17, 15) is 42.0 Å². The quantitative estimate of drug-likeness (QED) is 0.0553. The molecular weight excluding hydrogens is 938 g/mol. The second-order valence-electron chi connectivity index (χ2n) is 17.1. The number of benzene rings is 2. The van der Waals surface area contributed by atoms with Crippen LogP contribution in [0.15, 0.2) is 80.5 Å². The minimum Gasteiger partial charge on any atom is -0.431 e. The molecule has 2 aromatic heterocycles. The fourth-order valence-corrected chi connectivity index (χ4v) is 9.97. The molecule has 22 heteroatoms. The number of nitrogens with one attached hydrogen (secondary N) is 6. The summed E-state index contributed by atoms with van der Waals surface area (Å²) in [5.41, 5.74) is 1.22. The lowest BCUT2D eigenvalue weighted by molar-refractivity contribution is -0.141. The minimum atomic E-state index is -4.53. The molecule has 2 heterocycles. The predicted octanol–water partition coefficient (Wildman–Crippen LogP) is 4.64. The zero-order valence-electron chi connectivity index (χ0n) is 38.5. The predicted molar refractivity (Wildman–Crippen MR) is 252 cm³/mol. The normalized spacial score (nSPS) is 15.3. The van der Waals surface area contributed by atoms with Crippen LogP contribution in [0.4, 0.5) is 0 Å². The first kappa shape index (κ1) is 53.0. The summed E-state index contributed by atoms with van der Waals surface area (Å²) in [7, 11) is -4.53. The van der Waals surface area contributed by atoms with Gasteiger partial charge in [0, 0.05) is 17.3 Å². The Kier molecular flexibility index (Phi) is 19.4. The van der Waals surface area contributed by atoms with Crippen LogP contribution < -0.4 is 31.3 Å². The van der Waals surface area contributed by atoms with E-state index in [1.807, 2.05) is 31.6 Å². The van der Waals surface area contributed by atoms with Gasteiger partial charge in [-0.15, -0.1) is 0 Å². The fraction of sp³-hybridized carbons (Fsp3) is 0.478. The van der Waals surface area contributed by atoms with Crippen molar-refractivity contribution in [3.8, 4) is 0 Å². The number of ketones is 1. The van der Waals surface area contributed by atoms with Crippen molar-refractivity contribution in [3.63, 3.8) is 0 Å². The molecule has 0 bridgehead atoms. The Bertz CT molecular complexity index is 2520. The molecule has 19 nitrogen and oxygen atoms in total. The molecule has 0 radical (unpaired) electrons. The third-order valence-corrected chi connectivity index (χ3v) is 14.1. The molecule has 6 amide bonds. The number of amides is 6. The molecule has 6 N–H and O–H groups in total. The van der Waals surface area contributed by atoms with Crippen molar-refractivity contribution in [2.45, 2.75) is 132 Å². The molecule has 1 aliphatic rings. The van der Waals surface area contributed by atoms with Crippen molar-refractivity contribution >= 4 is 85.7 Å². The lowest BCUT2D eigenvalue weighted by atomic mass is 9.84. The summed E-state index contributed by atoms with van der Waals surface area (Å²) in [6.45, 7) is 8.01. The summed E-state index contributed by atoms with van der Waals surface area (Å²) in [6.07, 6.45) is 9.42. The molecule has 5 rings (SSSR count). The van der Waals surface area contributed by atoms with Crippen molar-refractivity contribution < 1.29 is 46.4 Å². The van der Waals surface area contributed by atoms with Crippen LogP contribution in [0.1, 0.15) is 103 Å². The summed E-state index contributed by atoms with van der Waals surface area (Å²) < 4.78 is 33.8. The van der Waals surface area contributed by atoms with Gasteiger partial charge in [0.15, 0.2) is 5.58 Å². The van der Waals surface area contributed by atoms with Gasteiger partial charge >= 0.3 is 0 Å². The van der Waals surface area contributed by atoms with Gasteiger partial charge in [-0.05, 0) is 79.1 Å². The first-order chi connectivity index (χ1) is 32.4. The van der Waals surface area contributed by atoms with Crippen LogP contribution >= 0.6 is 23.4 Å². The molecule has 0 unspecified atom stereocenters. The Morgan fingerprint density at radius 2 is 1.54 bits per heavy atom. The number of nitrogens with zero attached hydrogens (tertiary/aromatic N) is 3. The maximum Gasteiger partial charge on any atom is 0.290 e. The number of para-hydroxylation sites is 2. The highest BCUT2D eigenvalue weighted by Gasteiger charge is 2.36. The van der Waals surface area contributed by atoms with Crippen molar-refractivity contribution in [2.75, 3.05) is 6.54 Å². The Morgan fingerprint density at radius 1 is 0.838 bits per heavy atom. The van der Waals surface area contributed by atoms with E-state index in [0.717, 1.165) is 43.9 Å². The SMILES string of the molecule is CC[C@H](NC(=O)[C@H](CC1CCCCC1)NC(=O)[C@@H](NC(=O)[C@H](CC(C)C)NC(=O)c1cnccn1)[C@@H](C)CC)C(=O)C(=O)NCC(=O)NS(=O)(=O)c1ccc(Sc2nc3ccccc3o2)cc1Cl. The van der Waals surface area contributed by atoms with Gasteiger partial charge in [-0.25, -0.2) is 23.1 Å². The Balaban J connectivity index is 1.20. The van der Waals surface area contributed by atoms with Crippen LogP contribution in [0.3, 0.4) is 0 Å². The molecule has 366 valence electrons. The second kappa shape index (κ2) is 24.9. The first-order valence-electron chi connectivity index (χ1n) is 22.6. The molecule has 2 aromatic carbocycles. The van der Waals surface area contributed by atoms with Gasteiger partial charge in [0.1, 0.15) is 34.2 Å². The lowest BCUT2D eigenvalue weighted by Gasteiger charge is -2.31. The third-order valence-electron chi connectivity index (χ3n) is 11.4. The van der Waals surface area contributed by atoms with E-state index in [0.29, 0.717) is 27.6 Å². The highest BCUT2D eigenvalue weighted by molar-refractivity contribution is 7.99. The summed E-state index contributed by atoms with van der Waals surface area (Å²) in [4.78, 5) is 107. The maximum absolute atomic E-state index is 14.2. The molecular formula is C46H58ClN9O10S2. The van der Waals surface area contributed by atoms with Crippen molar-refractivity contribution in [1.29, 1.82) is 0 Å². The average Bonchev–Trinajstić information content (AvgIpc) is 3.73. The van der Waals surface area contributed by atoms with E-state index in [-0.39, 0.29) is 41.8 Å². The molecule has 5 atom stereocenters. The van der Waals surface area contributed by atoms with E-state index in [2.05, 4.69) is 41.5 Å². The van der Waals surface area contributed by atoms with Crippen molar-refractivity contribution in [1.82, 2.24) is 46.3 Å². The van der Waals surface area contributed by atoms with Gasteiger partial charge < -0.3 is 31.0 Å². The first-order valence-corrected chi connectivity index (χ1v) is 25.2.